The molecule has 0 aliphatic rings. The number of ether oxygens (including phenoxy) is 2. The van der Waals surface area contributed by atoms with E-state index in [1.165, 1.54) is 16.3 Å². The van der Waals surface area contributed by atoms with Crippen molar-refractivity contribution in [2.24, 2.45) is 5.10 Å². The number of thiazole rings is 1. The molecular weight excluding hydrogens is 436 g/mol. The van der Waals surface area contributed by atoms with Crippen molar-refractivity contribution >= 4 is 38.8 Å². The lowest BCUT2D eigenvalue weighted by molar-refractivity contribution is 0.0988. The largest absolute Gasteiger partial charge is 0.497 e. The number of carbonyl (C=O) groups excluding carboxylic acids is 1. The number of anilines is 1. The maximum absolute atomic E-state index is 13.4. The molecule has 0 bridgehead atoms. The van der Waals surface area contributed by atoms with E-state index in [-0.39, 0.29) is 5.91 Å². The maximum atomic E-state index is 13.4. The van der Waals surface area contributed by atoms with Crippen molar-refractivity contribution in [1.29, 1.82) is 5.26 Å². The fourth-order valence-electron chi connectivity index (χ4n) is 3.05. The van der Waals surface area contributed by atoms with Gasteiger partial charge in [-0.05, 0) is 79.2 Å². The Morgan fingerprint density at radius 1 is 1.12 bits per heavy atom. The number of hydrazone groups is 1. The highest BCUT2D eigenvalue weighted by Crippen LogP contribution is 2.32. The summed E-state index contributed by atoms with van der Waals surface area (Å²) in [5.74, 6) is 1.12. The van der Waals surface area contributed by atoms with Gasteiger partial charge in [0, 0.05) is 5.56 Å². The Morgan fingerprint density at radius 3 is 2.52 bits per heavy atom. The molecule has 3 aromatic carbocycles. The first-order chi connectivity index (χ1) is 16.1. The molecule has 0 saturated carbocycles. The minimum Gasteiger partial charge on any atom is -0.497 e. The van der Waals surface area contributed by atoms with Crippen LogP contribution in [-0.2, 0) is 0 Å². The van der Waals surface area contributed by atoms with Crippen LogP contribution in [0.5, 0.6) is 11.5 Å². The number of methoxy groups -OCH3 is 1. The smallest absolute Gasteiger partial charge is 0.280 e. The lowest BCUT2D eigenvalue weighted by atomic mass is 10.1. The topological polar surface area (TPSA) is 87.8 Å². The molecule has 0 fully saturated rings. The molecule has 1 heterocycles. The van der Waals surface area contributed by atoms with Crippen molar-refractivity contribution in [2.45, 2.75) is 6.92 Å². The second-order valence-electron chi connectivity index (χ2n) is 6.88. The van der Waals surface area contributed by atoms with Gasteiger partial charge in [0.1, 0.15) is 11.5 Å². The van der Waals surface area contributed by atoms with Crippen LogP contribution >= 0.6 is 11.3 Å². The number of nitrogens with zero attached hydrogens (tertiary/aromatic N) is 4. The van der Waals surface area contributed by atoms with Crippen LogP contribution in [0.25, 0.3) is 10.2 Å². The zero-order chi connectivity index (χ0) is 23.2. The average Bonchev–Trinajstić information content (AvgIpc) is 3.28. The number of nitriles is 1. The molecule has 4 aromatic rings. The van der Waals surface area contributed by atoms with E-state index in [0.29, 0.717) is 28.6 Å². The second-order valence-corrected chi connectivity index (χ2v) is 7.89. The van der Waals surface area contributed by atoms with E-state index < -0.39 is 0 Å². The van der Waals surface area contributed by atoms with Gasteiger partial charge < -0.3 is 9.47 Å². The first-order valence-electron chi connectivity index (χ1n) is 10.2. The van der Waals surface area contributed by atoms with Crippen LogP contribution < -0.4 is 14.5 Å². The number of fused-ring (bicyclic) bond motifs is 1. The lowest BCUT2D eigenvalue weighted by Gasteiger charge is -2.14. The zero-order valence-corrected chi connectivity index (χ0v) is 18.9. The Balaban J connectivity index is 1.71. The molecule has 7 nitrogen and oxygen atoms in total. The molecule has 33 heavy (non-hydrogen) atoms. The molecule has 8 heteroatoms. The highest BCUT2D eigenvalue weighted by molar-refractivity contribution is 7.22. The van der Waals surface area contributed by atoms with Gasteiger partial charge in [0.05, 0.1) is 41.8 Å². The van der Waals surface area contributed by atoms with E-state index >= 15 is 0 Å². The zero-order valence-electron chi connectivity index (χ0n) is 18.1. The van der Waals surface area contributed by atoms with Crippen LogP contribution in [-0.4, -0.2) is 30.8 Å². The Morgan fingerprint density at radius 2 is 1.85 bits per heavy atom. The Hall–Kier alpha value is -4.22. The number of benzene rings is 3. The first-order valence-corrected chi connectivity index (χ1v) is 11.0. The van der Waals surface area contributed by atoms with Crippen molar-refractivity contribution in [3.8, 4) is 17.6 Å². The molecule has 0 unspecified atom stereocenters. The molecule has 1 aromatic heterocycles. The van der Waals surface area contributed by atoms with E-state index in [1.807, 2.05) is 49.4 Å². The van der Waals surface area contributed by atoms with Gasteiger partial charge in [0.25, 0.3) is 5.91 Å². The summed E-state index contributed by atoms with van der Waals surface area (Å²) in [7, 11) is 1.60. The van der Waals surface area contributed by atoms with Crippen LogP contribution in [0, 0.1) is 11.3 Å². The number of hydrogen-bond donors (Lipinski definition) is 0. The number of rotatable bonds is 7. The Labute approximate surface area is 195 Å². The third kappa shape index (κ3) is 5.00. The highest BCUT2D eigenvalue weighted by Gasteiger charge is 2.21. The molecule has 0 aliphatic carbocycles. The summed E-state index contributed by atoms with van der Waals surface area (Å²) in [5.41, 5.74) is 2.42. The standard InChI is InChI=1S/C25H20N4O3S/c1-3-32-20-10-6-18(7-11-20)16-27-29(24(30)19-8-4-17(15-26)5-9-19)25-28-22-13-12-21(31-2)14-23(22)33-25/h4-14,16H,3H2,1-2H3/b27-16+. The normalized spacial score (nSPS) is 10.8. The fraction of sp³-hybridized carbons (Fsp3) is 0.120. The van der Waals surface area contributed by atoms with Gasteiger partial charge in [-0.2, -0.15) is 15.4 Å². The minimum absolute atomic E-state index is 0.354. The summed E-state index contributed by atoms with van der Waals surface area (Å²) >= 11 is 1.34. The van der Waals surface area contributed by atoms with E-state index in [1.54, 1.807) is 37.6 Å². The summed E-state index contributed by atoms with van der Waals surface area (Å²) in [5, 5.41) is 15.2. The Kier molecular flexibility index (Phi) is 6.62. The summed E-state index contributed by atoms with van der Waals surface area (Å²) < 4.78 is 11.6. The predicted molar refractivity (Wildman–Crippen MR) is 129 cm³/mol. The minimum atomic E-state index is -0.354. The molecule has 0 atom stereocenters. The molecule has 1 amide bonds. The maximum Gasteiger partial charge on any atom is 0.280 e. The van der Waals surface area contributed by atoms with Crippen LogP contribution in [0.15, 0.2) is 71.8 Å². The summed E-state index contributed by atoms with van der Waals surface area (Å²) in [6.07, 6.45) is 1.60. The summed E-state index contributed by atoms with van der Waals surface area (Å²) in [4.78, 5) is 18.0. The first kappa shape index (κ1) is 22.0. The second kappa shape index (κ2) is 9.94. The van der Waals surface area contributed by atoms with Gasteiger partial charge in [-0.1, -0.05) is 11.3 Å². The van der Waals surface area contributed by atoms with E-state index in [9.17, 15) is 4.79 Å². The fourth-order valence-corrected chi connectivity index (χ4v) is 4.00. The summed E-state index contributed by atoms with van der Waals surface area (Å²) in [6.45, 7) is 2.51. The monoisotopic (exact) mass is 456 g/mol. The van der Waals surface area contributed by atoms with Gasteiger partial charge >= 0.3 is 0 Å². The number of carbonyl (C=O) groups is 1. The van der Waals surface area contributed by atoms with Gasteiger partial charge in [0.2, 0.25) is 5.13 Å². The van der Waals surface area contributed by atoms with Crippen molar-refractivity contribution < 1.29 is 14.3 Å². The molecule has 0 aliphatic heterocycles. The molecule has 4 rings (SSSR count). The molecule has 0 N–H and O–H groups in total. The SMILES string of the molecule is CCOc1ccc(/C=N/N(C(=O)c2ccc(C#N)cc2)c2nc3ccc(OC)cc3s2)cc1. The van der Waals surface area contributed by atoms with Crippen molar-refractivity contribution in [1.82, 2.24) is 4.98 Å². The van der Waals surface area contributed by atoms with Gasteiger partial charge in [0.15, 0.2) is 0 Å². The molecular formula is C25H20N4O3S. The molecule has 0 spiro atoms. The number of aromatic nitrogens is 1. The average molecular weight is 457 g/mol. The molecule has 0 radical (unpaired) electrons. The molecule has 164 valence electrons. The van der Waals surface area contributed by atoms with Crippen LogP contribution in [0.1, 0.15) is 28.4 Å². The number of amides is 1. The Bertz CT molecular complexity index is 1340. The highest BCUT2D eigenvalue weighted by atomic mass is 32.1. The van der Waals surface area contributed by atoms with E-state index in [2.05, 4.69) is 16.2 Å². The predicted octanol–water partition coefficient (Wildman–Crippen LogP) is 5.26. The van der Waals surface area contributed by atoms with Gasteiger partial charge in [-0.15, -0.1) is 0 Å². The van der Waals surface area contributed by atoms with Gasteiger partial charge in [-0.25, -0.2) is 4.98 Å². The van der Waals surface area contributed by atoms with E-state index in [4.69, 9.17) is 14.7 Å². The number of hydrogen-bond acceptors (Lipinski definition) is 7. The third-order valence-electron chi connectivity index (χ3n) is 4.73. The van der Waals surface area contributed by atoms with Crippen LogP contribution in [0.4, 0.5) is 5.13 Å². The van der Waals surface area contributed by atoms with Gasteiger partial charge in [-0.3, -0.25) is 4.79 Å². The third-order valence-corrected chi connectivity index (χ3v) is 5.73. The van der Waals surface area contributed by atoms with E-state index in [0.717, 1.165) is 21.5 Å². The molecule has 0 saturated heterocycles. The van der Waals surface area contributed by atoms with Crippen LogP contribution in [0.3, 0.4) is 0 Å². The van der Waals surface area contributed by atoms with Crippen molar-refractivity contribution in [2.75, 3.05) is 18.7 Å². The summed E-state index contributed by atoms with van der Waals surface area (Å²) in [6, 6.07) is 21.4. The quantitative estimate of drug-likeness (QED) is 0.280. The van der Waals surface area contributed by atoms with Crippen LogP contribution in [0.2, 0.25) is 0 Å². The lowest BCUT2D eigenvalue weighted by Crippen LogP contribution is -2.25. The van der Waals surface area contributed by atoms with Crippen molar-refractivity contribution in [3.05, 3.63) is 83.4 Å². The van der Waals surface area contributed by atoms with Crippen molar-refractivity contribution in [3.63, 3.8) is 0 Å².